The van der Waals surface area contributed by atoms with Crippen molar-refractivity contribution < 1.29 is 0 Å². The fraction of sp³-hybridized carbons (Fsp3) is 0.923. The van der Waals surface area contributed by atoms with Crippen molar-refractivity contribution in [3.63, 3.8) is 0 Å². The lowest BCUT2D eigenvalue weighted by Crippen LogP contribution is -2.57. The molecule has 3 rings (SSSR count). The highest BCUT2D eigenvalue weighted by Crippen LogP contribution is 2.32. The summed E-state index contributed by atoms with van der Waals surface area (Å²) in [5.74, 6) is 6.35. The lowest BCUT2D eigenvalue weighted by molar-refractivity contribution is 0.0526. The van der Waals surface area contributed by atoms with Crippen LogP contribution in [0.5, 0.6) is 0 Å². The zero-order valence-corrected chi connectivity index (χ0v) is 11.2. The van der Waals surface area contributed by atoms with E-state index in [2.05, 4.69) is 27.7 Å². The minimum atomic E-state index is 0.509. The van der Waals surface area contributed by atoms with Crippen LogP contribution in [0.15, 0.2) is 4.99 Å². The third kappa shape index (κ3) is 2.62. The van der Waals surface area contributed by atoms with Crippen molar-refractivity contribution in [2.24, 2.45) is 10.8 Å². The van der Waals surface area contributed by atoms with Crippen molar-refractivity contribution in [1.29, 1.82) is 0 Å². The van der Waals surface area contributed by atoms with Gasteiger partial charge in [-0.15, -0.1) is 0 Å². The molecule has 0 spiro atoms. The van der Waals surface area contributed by atoms with Gasteiger partial charge in [0.2, 0.25) is 5.96 Å². The predicted octanol–water partition coefficient (Wildman–Crippen LogP) is 0.573. The SMILES string of the molecule is CN1C2CCCC1CC(NC(=NC1CC1)NN)C2. The third-order valence-electron chi connectivity index (χ3n) is 4.68. The highest BCUT2D eigenvalue weighted by molar-refractivity contribution is 5.79. The molecule has 2 aliphatic heterocycles. The number of nitrogens with two attached hydrogens (primary N) is 1. The second-order valence-corrected chi connectivity index (χ2v) is 6.07. The number of piperidine rings is 2. The van der Waals surface area contributed by atoms with Gasteiger partial charge >= 0.3 is 0 Å². The standard InChI is InChI=1S/C13H25N5/c1-18-11-3-2-4-12(18)8-10(7-11)16-13(17-14)15-9-5-6-9/h9-12H,2-8,14H2,1H3,(H2,15,16,17). The van der Waals surface area contributed by atoms with Crippen LogP contribution >= 0.6 is 0 Å². The molecule has 2 unspecified atom stereocenters. The van der Waals surface area contributed by atoms with Crippen molar-refractivity contribution in [2.45, 2.75) is 69.1 Å². The smallest absolute Gasteiger partial charge is 0.206 e. The van der Waals surface area contributed by atoms with Crippen LogP contribution in [-0.4, -0.2) is 42.1 Å². The summed E-state index contributed by atoms with van der Waals surface area (Å²) in [6, 6.07) is 2.53. The zero-order chi connectivity index (χ0) is 12.5. The van der Waals surface area contributed by atoms with Crippen LogP contribution in [-0.2, 0) is 0 Å². The lowest BCUT2D eigenvalue weighted by Gasteiger charge is -2.47. The molecule has 102 valence electrons. The van der Waals surface area contributed by atoms with Gasteiger partial charge in [-0.2, -0.15) is 0 Å². The summed E-state index contributed by atoms with van der Waals surface area (Å²) >= 11 is 0. The lowest BCUT2D eigenvalue weighted by atomic mass is 9.82. The molecule has 3 aliphatic rings. The van der Waals surface area contributed by atoms with Crippen LogP contribution in [0.25, 0.3) is 0 Å². The zero-order valence-electron chi connectivity index (χ0n) is 11.2. The Labute approximate surface area is 109 Å². The average Bonchev–Trinajstić information content (AvgIpc) is 3.13. The highest BCUT2D eigenvalue weighted by Gasteiger charge is 2.36. The number of fused-ring (bicyclic) bond motifs is 2. The summed E-state index contributed by atoms with van der Waals surface area (Å²) < 4.78 is 0. The van der Waals surface area contributed by atoms with Gasteiger partial charge in [0.15, 0.2) is 0 Å². The Bertz CT molecular complexity index is 311. The third-order valence-corrected chi connectivity index (χ3v) is 4.68. The van der Waals surface area contributed by atoms with Gasteiger partial charge in [-0.1, -0.05) is 6.42 Å². The van der Waals surface area contributed by atoms with Crippen molar-refractivity contribution in [2.75, 3.05) is 7.05 Å². The Balaban J connectivity index is 1.59. The highest BCUT2D eigenvalue weighted by atomic mass is 15.3. The van der Waals surface area contributed by atoms with Crippen LogP contribution in [0.4, 0.5) is 0 Å². The molecule has 0 aromatic rings. The first kappa shape index (κ1) is 12.2. The van der Waals surface area contributed by atoms with Crippen LogP contribution in [0.1, 0.15) is 44.9 Å². The van der Waals surface area contributed by atoms with Gasteiger partial charge in [0.05, 0.1) is 6.04 Å². The Morgan fingerprint density at radius 2 is 1.83 bits per heavy atom. The molecule has 5 nitrogen and oxygen atoms in total. The normalized spacial score (nSPS) is 37.4. The van der Waals surface area contributed by atoms with Crippen LogP contribution in [0.2, 0.25) is 0 Å². The Kier molecular flexibility index (Phi) is 3.43. The number of rotatable bonds is 2. The first-order chi connectivity index (χ1) is 8.76. The molecule has 1 aliphatic carbocycles. The molecule has 2 atom stereocenters. The van der Waals surface area contributed by atoms with Gasteiger partial charge in [-0.25, -0.2) is 10.8 Å². The van der Waals surface area contributed by atoms with Crippen molar-refractivity contribution in [3.05, 3.63) is 0 Å². The van der Waals surface area contributed by atoms with E-state index in [0.29, 0.717) is 12.1 Å². The molecule has 4 N–H and O–H groups in total. The molecular weight excluding hydrogens is 226 g/mol. The number of hydrogen-bond acceptors (Lipinski definition) is 3. The maximum atomic E-state index is 5.56. The van der Waals surface area contributed by atoms with Gasteiger partial charge in [-0.05, 0) is 45.6 Å². The van der Waals surface area contributed by atoms with Gasteiger partial charge in [0.1, 0.15) is 0 Å². The number of hydrazine groups is 1. The topological polar surface area (TPSA) is 65.7 Å². The van der Waals surface area contributed by atoms with E-state index in [0.717, 1.165) is 18.0 Å². The maximum absolute atomic E-state index is 5.56. The molecular formula is C13H25N5. The molecule has 5 heteroatoms. The van der Waals surface area contributed by atoms with E-state index in [1.54, 1.807) is 0 Å². The largest absolute Gasteiger partial charge is 0.352 e. The van der Waals surface area contributed by atoms with E-state index < -0.39 is 0 Å². The monoisotopic (exact) mass is 251 g/mol. The summed E-state index contributed by atoms with van der Waals surface area (Å²) in [6.07, 6.45) is 8.95. The van der Waals surface area contributed by atoms with Crippen molar-refractivity contribution in [3.8, 4) is 0 Å². The summed E-state index contributed by atoms with van der Waals surface area (Å²) in [5.41, 5.74) is 2.72. The number of nitrogens with zero attached hydrogens (tertiary/aromatic N) is 2. The molecule has 2 saturated heterocycles. The van der Waals surface area contributed by atoms with Crippen LogP contribution < -0.4 is 16.6 Å². The maximum Gasteiger partial charge on any atom is 0.206 e. The number of guanidine groups is 1. The van der Waals surface area contributed by atoms with Gasteiger partial charge in [-0.3, -0.25) is 5.43 Å². The number of aliphatic imine (C=N–C) groups is 1. The summed E-state index contributed by atoms with van der Waals surface area (Å²) in [6.45, 7) is 0. The van der Waals surface area contributed by atoms with Crippen molar-refractivity contribution >= 4 is 5.96 Å². The first-order valence-electron chi connectivity index (χ1n) is 7.29. The minimum Gasteiger partial charge on any atom is -0.352 e. The van der Waals surface area contributed by atoms with E-state index in [1.807, 2.05) is 0 Å². The van der Waals surface area contributed by atoms with Crippen LogP contribution in [0.3, 0.4) is 0 Å². The first-order valence-corrected chi connectivity index (χ1v) is 7.29. The second kappa shape index (κ2) is 5.05. The molecule has 0 aromatic carbocycles. The van der Waals surface area contributed by atoms with E-state index in [-0.39, 0.29) is 0 Å². The second-order valence-electron chi connectivity index (χ2n) is 6.07. The minimum absolute atomic E-state index is 0.509. The summed E-state index contributed by atoms with van der Waals surface area (Å²) in [5, 5.41) is 3.51. The van der Waals surface area contributed by atoms with Gasteiger partial charge in [0, 0.05) is 18.1 Å². The van der Waals surface area contributed by atoms with Gasteiger partial charge < -0.3 is 10.2 Å². The molecule has 0 amide bonds. The Morgan fingerprint density at radius 3 is 2.39 bits per heavy atom. The molecule has 1 saturated carbocycles. The fourth-order valence-corrected chi connectivity index (χ4v) is 3.43. The fourth-order valence-electron chi connectivity index (χ4n) is 3.43. The van der Waals surface area contributed by atoms with Crippen molar-refractivity contribution in [1.82, 2.24) is 15.6 Å². The molecule has 0 aromatic heterocycles. The van der Waals surface area contributed by atoms with Crippen LogP contribution in [0, 0.1) is 0 Å². The predicted molar refractivity (Wildman–Crippen MR) is 73.1 cm³/mol. The van der Waals surface area contributed by atoms with E-state index in [4.69, 9.17) is 5.84 Å². The van der Waals surface area contributed by atoms with E-state index in [9.17, 15) is 0 Å². The summed E-state index contributed by atoms with van der Waals surface area (Å²) in [4.78, 5) is 7.15. The molecule has 2 heterocycles. The van der Waals surface area contributed by atoms with E-state index in [1.165, 1.54) is 44.9 Å². The Morgan fingerprint density at radius 1 is 1.17 bits per heavy atom. The van der Waals surface area contributed by atoms with Gasteiger partial charge in [0.25, 0.3) is 0 Å². The Hall–Kier alpha value is -0.810. The molecule has 18 heavy (non-hydrogen) atoms. The number of nitrogens with one attached hydrogen (secondary N) is 2. The summed E-state index contributed by atoms with van der Waals surface area (Å²) in [7, 11) is 2.28. The number of hydrogen-bond donors (Lipinski definition) is 3. The average molecular weight is 251 g/mol. The molecule has 3 fully saturated rings. The molecule has 0 radical (unpaired) electrons. The molecule has 2 bridgehead atoms. The van der Waals surface area contributed by atoms with E-state index >= 15 is 0 Å². The quantitative estimate of drug-likeness (QED) is 0.291.